The molecule has 1 N–H and O–H groups in total. The molecule has 2 rings (SSSR count). The number of piperidine rings is 1. The average Bonchev–Trinajstić information content (AvgIpc) is 2.57. The van der Waals surface area contributed by atoms with Gasteiger partial charge in [-0.2, -0.15) is 0 Å². The third-order valence-electron chi connectivity index (χ3n) is 5.06. The topological polar surface area (TPSA) is 52.7 Å². The van der Waals surface area contributed by atoms with Crippen LogP contribution in [0.25, 0.3) is 0 Å². The summed E-state index contributed by atoms with van der Waals surface area (Å²) in [5, 5.41) is 3.60. The van der Waals surface area contributed by atoms with Crippen LogP contribution in [0.3, 0.4) is 0 Å². The van der Waals surface area contributed by atoms with E-state index in [2.05, 4.69) is 19.2 Å². The molecule has 1 aliphatic heterocycles. The normalized spacial score (nSPS) is 21.6. The molecule has 26 heavy (non-hydrogen) atoms. The number of anilines is 1. The molecule has 0 radical (unpaired) electrons. The third-order valence-corrected chi connectivity index (χ3v) is 5.80. The molecule has 0 spiro atoms. The molecule has 3 atom stereocenters. The van der Waals surface area contributed by atoms with Crippen molar-refractivity contribution in [2.45, 2.75) is 58.2 Å². The van der Waals surface area contributed by atoms with Crippen LogP contribution in [0.1, 0.15) is 40.0 Å². The first-order valence-electron chi connectivity index (χ1n) is 8.98. The van der Waals surface area contributed by atoms with E-state index in [-0.39, 0.29) is 36.5 Å². The average molecular weight is 400 g/mol. The third kappa shape index (κ3) is 5.12. The molecule has 0 aliphatic carbocycles. The smallest absolute Gasteiger partial charge is 0.240 e. The molecule has 1 aromatic rings. The quantitative estimate of drug-likeness (QED) is 0.812. The summed E-state index contributed by atoms with van der Waals surface area (Å²) in [7, 11) is 1.79. The number of benzene rings is 1. The summed E-state index contributed by atoms with van der Waals surface area (Å²) in [5.74, 6) is -0.125. The van der Waals surface area contributed by atoms with Gasteiger partial charge in [0.05, 0.1) is 22.6 Å². The van der Waals surface area contributed by atoms with Gasteiger partial charge in [-0.1, -0.05) is 23.2 Å². The zero-order valence-electron chi connectivity index (χ0n) is 15.8. The number of rotatable bonds is 5. The summed E-state index contributed by atoms with van der Waals surface area (Å²) in [4.78, 5) is 28.9. The van der Waals surface area contributed by atoms with Gasteiger partial charge in [0.2, 0.25) is 11.8 Å². The minimum atomic E-state index is -0.363. The minimum Gasteiger partial charge on any atom is -0.336 e. The molecular weight excluding hydrogens is 373 g/mol. The Kier molecular flexibility index (Phi) is 7.33. The summed E-state index contributed by atoms with van der Waals surface area (Å²) in [6.07, 6.45) is 3.22. The van der Waals surface area contributed by atoms with Gasteiger partial charge in [-0.25, -0.2) is 0 Å². The summed E-state index contributed by atoms with van der Waals surface area (Å²) in [6.45, 7) is 6.15. The summed E-state index contributed by atoms with van der Waals surface area (Å²) in [6, 6.07) is 5.05. The Morgan fingerprint density at radius 3 is 2.42 bits per heavy atom. The monoisotopic (exact) mass is 399 g/mol. The lowest BCUT2D eigenvalue weighted by Gasteiger charge is -2.41. The maximum Gasteiger partial charge on any atom is 0.240 e. The molecular formula is C19H27Cl2N3O2. The van der Waals surface area contributed by atoms with Gasteiger partial charge in [-0.3, -0.25) is 14.5 Å². The molecule has 0 saturated carbocycles. The van der Waals surface area contributed by atoms with Crippen LogP contribution in [0.4, 0.5) is 5.69 Å². The van der Waals surface area contributed by atoms with Crippen LogP contribution in [0.15, 0.2) is 18.2 Å². The van der Waals surface area contributed by atoms with Crippen LogP contribution in [-0.4, -0.2) is 53.3 Å². The van der Waals surface area contributed by atoms with Gasteiger partial charge in [-0.15, -0.1) is 0 Å². The number of likely N-dealkylation sites (tertiary alicyclic amines) is 1. The molecule has 2 amide bonds. The fraction of sp³-hybridized carbons (Fsp3) is 0.579. The molecule has 1 saturated heterocycles. The molecule has 0 bridgehead atoms. The zero-order chi connectivity index (χ0) is 19.4. The van der Waals surface area contributed by atoms with Crippen LogP contribution >= 0.6 is 23.2 Å². The summed E-state index contributed by atoms with van der Waals surface area (Å²) in [5.41, 5.74) is 0.579. The highest BCUT2D eigenvalue weighted by Crippen LogP contribution is 2.25. The van der Waals surface area contributed by atoms with Gasteiger partial charge < -0.3 is 10.2 Å². The molecule has 1 aromatic carbocycles. The van der Waals surface area contributed by atoms with Crippen LogP contribution < -0.4 is 5.32 Å². The highest BCUT2D eigenvalue weighted by molar-refractivity contribution is 6.42. The number of nitrogens with one attached hydrogen (secondary N) is 1. The summed E-state index contributed by atoms with van der Waals surface area (Å²) < 4.78 is 0. The van der Waals surface area contributed by atoms with Gasteiger partial charge in [0.15, 0.2) is 0 Å². The Morgan fingerprint density at radius 2 is 1.85 bits per heavy atom. The maximum absolute atomic E-state index is 12.9. The van der Waals surface area contributed by atoms with Gasteiger partial charge in [0.1, 0.15) is 0 Å². The lowest BCUT2D eigenvalue weighted by Crippen LogP contribution is -2.54. The second kappa shape index (κ2) is 9.07. The van der Waals surface area contributed by atoms with E-state index in [9.17, 15) is 9.59 Å². The van der Waals surface area contributed by atoms with Gasteiger partial charge in [0.25, 0.3) is 0 Å². The number of amides is 2. The van der Waals surface area contributed by atoms with Crippen molar-refractivity contribution < 1.29 is 9.59 Å². The fourth-order valence-corrected chi connectivity index (χ4v) is 3.70. The molecule has 7 heteroatoms. The number of hydrogen-bond acceptors (Lipinski definition) is 3. The lowest BCUT2D eigenvalue weighted by molar-refractivity contribution is -0.142. The van der Waals surface area contributed by atoms with Crippen molar-refractivity contribution in [2.75, 3.05) is 18.9 Å². The predicted octanol–water partition coefficient (Wildman–Crippen LogP) is 4.04. The molecule has 144 valence electrons. The van der Waals surface area contributed by atoms with E-state index in [1.807, 2.05) is 11.8 Å². The van der Waals surface area contributed by atoms with E-state index in [1.165, 1.54) is 0 Å². The van der Waals surface area contributed by atoms with Crippen molar-refractivity contribution in [2.24, 2.45) is 0 Å². The molecule has 0 unspecified atom stereocenters. The van der Waals surface area contributed by atoms with Crippen molar-refractivity contribution in [3.8, 4) is 0 Å². The van der Waals surface area contributed by atoms with E-state index in [0.29, 0.717) is 15.7 Å². The van der Waals surface area contributed by atoms with Crippen molar-refractivity contribution in [3.05, 3.63) is 28.2 Å². The summed E-state index contributed by atoms with van der Waals surface area (Å²) >= 11 is 11.8. The molecule has 0 aromatic heterocycles. The van der Waals surface area contributed by atoms with Gasteiger partial charge >= 0.3 is 0 Å². The molecule has 1 aliphatic rings. The lowest BCUT2D eigenvalue weighted by atomic mass is 9.96. The number of carbonyl (C=O) groups is 2. The first kappa shape index (κ1) is 21.0. The number of nitrogens with zero attached hydrogens (tertiary/aromatic N) is 2. The largest absolute Gasteiger partial charge is 0.336 e. The van der Waals surface area contributed by atoms with Crippen molar-refractivity contribution >= 4 is 40.7 Å². The van der Waals surface area contributed by atoms with E-state index in [4.69, 9.17) is 23.2 Å². The van der Waals surface area contributed by atoms with Crippen LogP contribution in [0.2, 0.25) is 10.0 Å². The van der Waals surface area contributed by atoms with Crippen molar-refractivity contribution in [1.29, 1.82) is 0 Å². The Morgan fingerprint density at radius 1 is 1.23 bits per heavy atom. The van der Waals surface area contributed by atoms with Gasteiger partial charge in [-0.05, 0) is 65.3 Å². The van der Waals surface area contributed by atoms with E-state index in [1.54, 1.807) is 30.1 Å². The Balaban J connectivity index is 1.94. The second-order valence-electron chi connectivity index (χ2n) is 7.14. The number of hydrogen-bond donors (Lipinski definition) is 1. The van der Waals surface area contributed by atoms with E-state index < -0.39 is 0 Å². The zero-order valence-corrected chi connectivity index (χ0v) is 17.3. The van der Waals surface area contributed by atoms with Crippen LogP contribution in [0, 0.1) is 0 Å². The number of halogens is 2. The number of carbonyl (C=O) groups excluding carboxylic acids is 2. The minimum absolute atomic E-state index is 0.0783. The first-order chi connectivity index (χ1) is 12.2. The number of likely N-dealkylation sites (N-methyl/N-ethyl adjacent to an activating group) is 1. The van der Waals surface area contributed by atoms with Crippen LogP contribution in [0.5, 0.6) is 0 Å². The second-order valence-corrected chi connectivity index (χ2v) is 7.96. The van der Waals surface area contributed by atoms with E-state index in [0.717, 1.165) is 19.3 Å². The fourth-order valence-electron chi connectivity index (χ4n) is 3.40. The maximum atomic E-state index is 12.9. The van der Waals surface area contributed by atoms with Crippen molar-refractivity contribution in [3.63, 3.8) is 0 Å². The molecule has 5 nitrogen and oxygen atoms in total. The standard InChI is InChI=1S/C19H27Cl2N3O2/c1-12-6-5-7-13(2)24(12)19(26)14(3)23(4)11-18(25)22-15-8-9-16(20)17(21)10-15/h8-10,12-14H,5-7,11H2,1-4H3,(H,22,25)/t12-,13+,14-/m1/s1. The van der Waals surface area contributed by atoms with Crippen molar-refractivity contribution in [1.82, 2.24) is 9.80 Å². The highest BCUT2D eigenvalue weighted by atomic mass is 35.5. The SMILES string of the molecule is C[C@H](C(=O)N1[C@H](C)CCC[C@@H]1C)N(C)CC(=O)Nc1ccc(Cl)c(Cl)c1. The van der Waals surface area contributed by atoms with Gasteiger partial charge in [0, 0.05) is 17.8 Å². The Hall–Kier alpha value is -1.30. The first-order valence-corrected chi connectivity index (χ1v) is 9.73. The Bertz CT molecular complexity index is 658. The van der Waals surface area contributed by atoms with E-state index >= 15 is 0 Å². The predicted molar refractivity (Wildman–Crippen MR) is 107 cm³/mol. The molecule has 1 fully saturated rings. The Labute approximate surface area is 165 Å². The molecule has 1 heterocycles. The highest BCUT2D eigenvalue weighted by Gasteiger charge is 2.33. The van der Waals surface area contributed by atoms with Crippen LogP contribution in [-0.2, 0) is 9.59 Å².